The molecule has 2 aromatic rings. The first-order valence-corrected chi connectivity index (χ1v) is 6.82. The van der Waals surface area contributed by atoms with Crippen molar-refractivity contribution >= 4 is 39.3 Å². The number of amides is 1. The maximum Gasteiger partial charge on any atom is 0.259 e. The van der Waals surface area contributed by atoms with E-state index in [1.807, 2.05) is 19.1 Å². The van der Waals surface area contributed by atoms with Crippen molar-refractivity contribution in [2.24, 2.45) is 0 Å². The molecule has 0 unspecified atom stereocenters. The molecule has 5 heteroatoms. The van der Waals surface area contributed by atoms with Gasteiger partial charge in [0.25, 0.3) is 5.91 Å². The third-order valence-corrected chi connectivity index (χ3v) is 4.00. The van der Waals surface area contributed by atoms with Gasteiger partial charge in [0.05, 0.1) is 5.02 Å². The maximum atomic E-state index is 12.4. The van der Waals surface area contributed by atoms with E-state index < -0.39 is 0 Å². The van der Waals surface area contributed by atoms with Crippen LogP contribution in [0.25, 0.3) is 0 Å². The number of pyridine rings is 1. The third-order valence-electron chi connectivity index (χ3n) is 2.77. The summed E-state index contributed by atoms with van der Waals surface area (Å²) in [6, 6.07) is 8.89. The van der Waals surface area contributed by atoms with Gasteiger partial charge >= 0.3 is 0 Å². The average molecular weight is 340 g/mol. The van der Waals surface area contributed by atoms with Crippen molar-refractivity contribution in [3.8, 4) is 0 Å². The fraction of sp³-hybridized carbons (Fsp3) is 0.143. The molecule has 0 bridgehead atoms. The van der Waals surface area contributed by atoms with E-state index in [0.29, 0.717) is 16.4 Å². The number of halogens is 2. The summed E-state index contributed by atoms with van der Waals surface area (Å²) in [5.74, 6) is 0.503. The van der Waals surface area contributed by atoms with Crippen LogP contribution in [0.5, 0.6) is 0 Å². The molecule has 0 atom stereocenters. The van der Waals surface area contributed by atoms with Crippen LogP contribution in [0.2, 0.25) is 5.02 Å². The summed E-state index contributed by atoms with van der Waals surface area (Å²) in [5.41, 5.74) is 1.47. The topological polar surface area (TPSA) is 33.2 Å². The van der Waals surface area contributed by atoms with E-state index in [1.165, 1.54) is 4.90 Å². The number of aryl methyl sites for hydroxylation is 1. The van der Waals surface area contributed by atoms with Crippen LogP contribution >= 0.6 is 27.5 Å². The molecule has 98 valence electrons. The predicted octanol–water partition coefficient (Wildman–Crippen LogP) is 4.08. The smallest absolute Gasteiger partial charge is 0.259 e. The van der Waals surface area contributed by atoms with Crippen LogP contribution in [-0.2, 0) is 0 Å². The lowest BCUT2D eigenvalue weighted by Crippen LogP contribution is -2.27. The van der Waals surface area contributed by atoms with Crippen molar-refractivity contribution in [3.63, 3.8) is 0 Å². The lowest BCUT2D eigenvalue weighted by molar-refractivity contribution is 0.0992. The minimum absolute atomic E-state index is 0.142. The summed E-state index contributed by atoms with van der Waals surface area (Å²) in [6.45, 7) is 1.92. The quantitative estimate of drug-likeness (QED) is 0.826. The van der Waals surface area contributed by atoms with Crippen molar-refractivity contribution < 1.29 is 4.79 Å². The molecule has 1 aromatic carbocycles. The predicted molar refractivity (Wildman–Crippen MR) is 80.9 cm³/mol. The van der Waals surface area contributed by atoms with Crippen LogP contribution in [0.4, 0.5) is 5.82 Å². The Bertz CT molecular complexity index is 631. The molecule has 0 spiro atoms. The van der Waals surface area contributed by atoms with Crippen LogP contribution in [-0.4, -0.2) is 17.9 Å². The fourth-order valence-corrected chi connectivity index (χ4v) is 2.17. The Morgan fingerprint density at radius 1 is 1.37 bits per heavy atom. The van der Waals surface area contributed by atoms with Gasteiger partial charge in [-0.05, 0) is 52.7 Å². The highest BCUT2D eigenvalue weighted by molar-refractivity contribution is 9.10. The number of rotatable bonds is 2. The number of anilines is 1. The van der Waals surface area contributed by atoms with Crippen LogP contribution in [0.1, 0.15) is 15.9 Å². The SMILES string of the molecule is Cc1cccnc1N(C)C(=O)c1ccc(Br)c(Cl)c1. The fourth-order valence-electron chi connectivity index (χ4n) is 1.75. The number of hydrogen-bond donors (Lipinski definition) is 0. The van der Waals surface area contributed by atoms with Crippen molar-refractivity contribution in [3.05, 3.63) is 57.2 Å². The van der Waals surface area contributed by atoms with Gasteiger partial charge in [0.1, 0.15) is 5.82 Å². The van der Waals surface area contributed by atoms with Gasteiger partial charge in [0.2, 0.25) is 0 Å². The molecular weight excluding hydrogens is 328 g/mol. The van der Waals surface area contributed by atoms with Gasteiger partial charge in [-0.3, -0.25) is 9.69 Å². The highest BCUT2D eigenvalue weighted by atomic mass is 79.9. The Kier molecular flexibility index (Phi) is 4.22. The lowest BCUT2D eigenvalue weighted by atomic mass is 10.2. The number of nitrogens with zero attached hydrogens (tertiary/aromatic N) is 2. The van der Waals surface area contributed by atoms with Crippen molar-refractivity contribution in [2.45, 2.75) is 6.92 Å². The standard InChI is InChI=1S/C14H12BrClN2O/c1-9-4-3-7-17-13(9)18(2)14(19)10-5-6-11(15)12(16)8-10/h3-8H,1-2H3. The van der Waals surface area contributed by atoms with Gasteiger partial charge in [0.15, 0.2) is 0 Å². The molecule has 0 aliphatic heterocycles. The molecule has 0 aliphatic rings. The van der Waals surface area contributed by atoms with E-state index in [-0.39, 0.29) is 5.91 Å². The largest absolute Gasteiger partial charge is 0.296 e. The van der Waals surface area contributed by atoms with Crippen molar-refractivity contribution in [2.75, 3.05) is 11.9 Å². The molecule has 0 aliphatic carbocycles. The zero-order valence-electron chi connectivity index (χ0n) is 10.5. The minimum Gasteiger partial charge on any atom is -0.296 e. The van der Waals surface area contributed by atoms with Crippen LogP contribution < -0.4 is 4.90 Å². The van der Waals surface area contributed by atoms with Crippen molar-refractivity contribution in [1.29, 1.82) is 0 Å². The number of aromatic nitrogens is 1. The molecule has 1 amide bonds. The van der Waals surface area contributed by atoms with Crippen LogP contribution in [0.3, 0.4) is 0 Å². The zero-order valence-corrected chi connectivity index (χ0v) is 12.9. The van der Waals surface area contributed by atoms with E-state index in [4.69, 9.17) is 11.6 Å². The second-order valence-corrected chi connectivity index (χ2v) is 5.40. The monoisotopic (exact) mass is 338 g/mol. The maximum absolute atomic E-state index is 12.4. The number of benzene rings is 1. The van der Waals surface area contributed by atoms with E-state index in [9.17, 15) is 4.79 Å². The first kappa shape index (κ1) is 14.0. The van der Waals surface area contributed by atoms with Gasteiger partial charge < -0.3 is 0 Å². The summed E-state index contributed by atoms with van der Waals surface area (Å²) in [5, 5.41) is 0.511. The molecule has 0 radical (unpaired) electrons. The summed E-state index contributed by atoms with van der Waals surface area (Å²) >= 11 is 9.31. The Hall–Kier alpha value is -1.39. The van der Waals surface area contributed by atoms with Gasteiger partial charge in [-0.25, -0.2) is 4.98 Å². The molecule has 0 saturated carbocycles. The molecule has 0 fully saturated rings. The lowest BCUT2D eigenvalue weighted by Gasteiger charge is -2.18. The summed E-state index contributed by atoms with van der Waals surface area (Å²) < 4.78 is 0.766. The van der Waals surface area contributed by atoms with Gasteiger partial charge in [-0.1, -0.05) is 17.7 Å². The number of hydrogen-bond acceptors (Lipinski definition) is 2. The molecule has 3 nitrogen and oxygen atoms in total. The minimum atomic E-state index is -0.142. The van der Waals surface area contributed by atoms with Gasteiger partial charge in [-0.2, -0.15) is 0 Å². The second kappa shape index (κ2) is 5.72. The molecule has 19 heavy (non-hydrogen) atoms. The Morgan fingerprint density at radius 2 is 2.11 bits per heavy atom. The summed E-state index contributed by atoms with van der Waals surface area (Å²) in [4.78, 5) is 18.1. The molecule has 1 heterocycles. The van der Waals surface area contributed by atoms with E-state index in [2.05, 4.69) is 20.9 Å². The van der Waals surface area contributed by atoms with E-state index in [0.717, 1.165) is 10.0 Å². The molecule has 0 saturated heterocycles. The van der Waals surface area contributed by atoms with Gasteiger partial charge in [-0.15, -0.1) is 0 Å². The Labute approximate surface area is 125 Å². The van der Waals surface area contributed by atoms with Crippen molar-refractivity contribution in [1.82, 2.24) is 4.98 Å². The Morgan fingerprint density at radius 3 is 2.74 bits per heavy atom. The first-order chi connectivity index (χ1) is 9.00. The highest BCUT2D eigenvalue weighted by Gasteiger charge is 2.16. The highest BCUT2D eigenvalue weighted by Crippen LogP contribution is 2.25. The molecule has 1 aromatic heterocycles. The Balaban J connectivity index is 2.34. The normalized spacial score (nSPS) is 10.3. The number of carbonyl (C=O) groups is 1. The summed E-state index contributed by atoms with van der Waals surface area (Å²) in [6.07, 6.45) is 1.67. The summed E-state index contributed by atoms with van der Waals surface area (Å²) in [7, 11) is 1.70. The van der Waals surface area contributed by atoms with Gasteiger partial charge in [0, 0.05) is 23.3 Å². The third kappa shape index (κ3) is 2.96. The molecular formula is C14H12BrClN2O. The second-order valence-electron chi connectivity index (χ2n) is 4.14. The average Bonchev–Trinajstić information content (AvgIpc) is 2.41. The van der Waals surface area contributed by atoms with E-state index >= 15 is 0 Å². The van der Waals surface area contributed by atoms with E-state index in [1.54, 1.807) is 31.4 Å². The molecule has 2 rings (SSSR count). The van der Waals surface area contributed by atoms with Crippen LogP contribution in [0, 0.1) is 6.92 Å². The first-order valence-electron chi connectivity index (χ1n) is 5.65. The number of carbonyl (C=O) groups excluding carboxylic acids is 1. The van der Waals surface area contributed by atoms with Crippen LogP contribution in [0.15, 0.2) is 41.0 Å². The zero-order chi connectivity index (χ0) is 14.0. The molecule has 0 N–H and O–H groups in total.